The second kappa shape index (κ2) is 5.20. The Balaban J connectivity index is 2.13. The summed E-state index contributed by atoms with van der Waals surface area (Å²) in [6, 6.07) is 11.0. The Kier molecular flexibility index (Phi) is 3.54. The topological polar surface area (TPSA) is 68.9 Å². The molecule has 0 fully saturated rings. The van der Waals surface area contributed by atoms with Crippen LogP contribution in [0.3, 0.4) is 0 Å². The van der Waals surface area contributed by atoms with Gasteiger partial charge in [-0.25, -0.2) is 4.79 Å². The Morgan fingerprint density at radius 3 is 2.45 bits per heavy atom. The van der Waals surface area contributed by atoms with Crippen LogP contribution in [0.5, 0.6) is 0 Å². The van der Waals surface area contributed by atoms with Crippen molar-refractivity contribution in [1.82, 2.24) is 9.97 Å². The maximum absolute atomic E-state index is 11.3. The van der Waals surface area contributed by atoms with Crippen molar-refractivity contribution in [3.63, 3.8) is 0 Å². The molecular weight excluding hydrogens is 388 g/mol. The van der Waals surface area contributed by atoms with E-state index in [1.165, 1.54) is 0 Å². The lowest BCUT2D eigenvalue weighted by molar-refractivity contribution is 0.219. The van der Waals surface area contributed by atoms with Crippen LogP contribution in [0.1, 0.15) is 17.2 Å². The first-order chi connectivity index (χ1) is 9.54. The van der Waals surface area contributed by atoms with Crippen molar-refractivity contribution in [2.45, 2.75) is 6.10 Å². The Morgan fingerprint density at radius 2 is 1.75 bits per heavy atom. The third kappa shape index (κ3) is 2.46. The number of aliphatic hydroxyl groups is 1. The van der Waals surface area contributed by atoms with E-state index in [1.807, 2.05) is 24.3 Å². The maximum Gasteiger partial charge on any atom is 0.323 e. The van der Waals surface area contributed by atoms with Gasteiger partial charge in [-0.1, -0.05) is 44.0 Å². The number of halogens is 2. The van der Waals surface area contributed by atoms with Gasteiger partial charge >= 0.3 is 5.69 Å². The predicted octanol–water partition coefficient (Wildman–Crippen LogP) is 3.46. The molecule has 0 spiro atoms. The fourth-order valence-corrected chi connectivity index (χ4v) is 3.12. The Morgan fingerprint density at radius 1 is 1.05 bits per heavy atom. The fourth-order valence-electron chi connectivity index (χ4n) is 2.14. The first-order valence-corrected chi connectivity index (χ1v) is 7.48. The summed E-state index contributed by atoms with van der Waals surface area (Å²) in [4.78, 5) is 16.7. The molecular formula is C14H10Br2N2O2. The molecule has 4 nitrogen and oxygen atoms in total. The molecule has 0 saturated carbocycles. The first kappa shape index (κ1) is 13.6. The number of hydrogen-bond donors (Lipinski definition) is 3. The molecule has 0 bridgehead atoms. The third-order valence-corrected chi connectivity index (χ3v) is 4.27. The van der Waals surface area contributed by atoms with Crippen molar-refractivity contribution in [1.29, 1.82) is 0 Å². The number of H-pyrrole nitrogens is 2. The van der Waals surface area contributed by atoms with Gasteiger partial charge in [-0.15, -0.1) is 0 Å². The summed E-state index contributed by atoms with van der Waals surface area (Å²) in [5, 5.41) is 10.5. The van der Waals surface area contributed by atoms with E-state index in [1.54, 1.807) is 12.1 Å². The predicted molar refractivity (Wildman–Crippen MR) is 84.8 cm³/mol. The summed E-state index contributed by atoms with van der Waals surface area (Å²) < 4.78 is 1.65. The molecule has 1 aromatic heterocycles. The van der Waals surface area contributed by atoms with Gasteiger partial charge in [-0.05, 0) is 29.8 Å². The highest BCUT2D eigenvalue weighted by molar-refractivity contribution is 9.10. The summed E-state index contributed by atoms with van der Waals surface area (Å²) in [7, 11) is 0. The average Bonchev–Trinajstić information content (AvgIpc) is 2.76. The van der Waals surface area contributed by atoms with Gasteiger partial charge in [0.1, 0.15) is 6.10 Å². The number of nitrogens with one attached hydrogen (secondary N) is 2. The van der Waals surface area contributed by atoms with E-state index in [-0.39, 0.29) is 5.69 Å². The minimum absolute atomic E-state index is 0.263. The Bertz CT molecular complexity index is 839. The number of fused-ring (bicyclic) bond motifs is 1. The quantitative estimate of drug-likeness (QED) is 0.619. The molecule has 0 aliphatic heterocycles. The molecule has 6 heteroatoms. The first-order valence-electron chi connectivity index (χ1n) is 5.89. The molecule has 102 valence electrons. The summed E-state index contributed by atoms with van der Waals surface area (Å²) in [5.74, 6) is 0. The second-order valence-electron chi connectivity index (χ2n) is 4.46. The van der Waals surface area contributed by atoms with E-state index >= 15 is 0 Å². The van der Waals surface area contributed by atoms with E-state index in [0.717, 1.165) is 14.5 Å². The number of aromatic nitrogens is 2. The van der Waals surface area contributed by atoms with Gasteiger partial charge in [0.2, 0.25) is 0 Å². The van der Waals surface area contributed by atoms with Crippen molar-refractivity contribution in [2.75, 3.05) is 0 Å². The van der Waals surface area contributed by atoms with Crippen LogP contribution in [-0.4, -0.2) is 15.1 Å². The van der Waals surface area contributed by atoms with Gasteiger partial charge in [0, 0.05) is 14.5 Å². The van der Waals surface area contributed by atoms with Crippen LogP contribution in [0.4, 0.5) is 0 Å². The summed E-state index contributed by atoms with van der Waals surface area (Å²) in [5.41, 5.74) is 2.58. The second-order valence-corrected chi connectivity index (χ2v) is 6.23. The van der Waals surface area contributed by atoms with E-state index < -0.39 is 6.10 Å². The number of imidazole rings is 1. The normalized spacial score (nSPS) is 12.8. The van der Waals surface area contributed by atoms with Gasteiger partial charge in [-0.3, -0.25) is 0 Å². The lowest BCUT2D eigenvalue weighted by Gasteiger charge is -2.14. The minimum atomic E-state index is -0.773. The van der Waals surface area contributed by atoms with Crippen molar-refractivity contribution in [2.24, 2.45) is 0 Å². The number of aromatic amines is 2. The number of hydrogen-bond acceptors (Lipinski definition) is 2. The highest BCUT2D eigenvalue weighted by Gasteiger charge is 2.15. The fraction of sp³-hybridized carbons (Fsp3) is 0.0714. The SMILES string of the molecule is O=c1[nH]c2cc(Br)c(C(O)c3cccc(Br)c3)cc2[nH]1. The highest BCUT2D eigenvalue weighted by Crippen LogP contribution is 2.31. The third-order valence-electron chi connectivity index (χ3n) is 3.09. The largest absolute Gasteiger partial charge is 0.384 e. The molecule has 20 heavy (non-hydrogen) atoms. The van der Waals surface area contributed by atoms with Crippen LogP contribution in [-0.2, 0) is 0 Å². The molecule has 1 atom stereocenters. The van der Waals surface area contributed by atoms with Crippen molar-refractivity contribution in [3.8, 4) is 0 Å². The molecule has 0 radical (unpaired) electrons. The molecule has 3 aromatic rings. The van der Waals surface area contributed by atoms with Crippen molar-refractivity contribution >= 4 is 42.9 Å². The van der Waals surface area contributed by atoms with Gasteiger partial charge in [-0.2, -0.15) is 0 Å². The molecule has 0 aliphatic rings. The smallest absolute Gasteiger partial charge is 0.323 e. The van der Waals surface area contributed by atoms with Crippen molar-refractivity contribution < 1.29 is 5.11 Å². The van der Waals surface area contributed by atoms with E-state index in [0.29, 0.717) is 16.6 Å². The zero-order valence-corrected chi connectivity index (χ0v) is 13.3. The minimum Gasteiger partial charge on any atom is -0.384 e. The molecule has 1 heterocycles. The molecule has 2 aromatic carbocycles. The molecule has 3 rings (SSSR count). The lowest BCUT2D eigenvalue weighted by Crippen LogP contribution is -2.01. The van der Waals surface area contributed by atoms with Gasteiger partial charge in [0.25, 0.3) is 0 Å². The van der Waals surface area contributed by atoms with Gasteiger partial charge in [0.05, 0.1) is 11.0 Å². The van der Waals surface area contributed by atoms with Crippen LogP contribution in [0, 0.1) is 0 Å². The van der Waals surface area contributed by atoms with E-state index in [9.17, 15) is 9.90 Å². The molecule has 0 amide bonds. The van der Waals surface area contributed by atoms with Crippen LogP contribution in [0.2, 0.25) is 0 Å². The van der Waals surface area contributed by atoms with Crippen LogP contribution >= 0.6 is 31.9 Å². The van der Waals surface area contributed by atoms with E-state index in [4.69, 9.17) is 0 Å². The maximum atomic E-state index is 11.3. The Labute approximate surface area is 131 Å². The molecule has 1 unspecified atom stereocenters. The van der Waals surface area contributed by atoms with Crippen LogP contribution in [0.25, 0.3) is 11.0 Å². The lowest BCUT2D eigenvalue weighted by atomic mass is 10.0. The zero-order valence-electron chi connectivity index (χ0n) is 10.2. The number of aliphatic hydroxyl groups excluding tert-OH is 1. The van der Waals surface area contributed by atoms with E-state index in [2.05, 4.69) is 41.8 Å². The highest BCUT2D eigenvalue weighted by atomic mass is 79.9. The monoisotopic (exact) mass is 396 g/mol. The van der Waals surface area contributed by atoms with Crippen molar-refractivity contribution in [3.05, 3.63) is 67.0 Å². The zero-order chi connectivity index (χ0) is 14.3. The summed E-state index contributed by atoms with van der Waals surface area (Å²) >= 11 is 6.82. The van der Waals surface area contributed by atoms with Gasteiger partial charge < -0.3 is 15.1 Å². The van der Waals surface area contributed by atoms with Crippen LogP contribution < -0.4 is 5.69 Å². The number of rotatable bonds is 2. The van der Waals surface area contributed by atoms with Crippen LogP contribution in [0.15, 0.2) is 50.1 Å². The Hall–Kier alpha value is -1.37. The number of benzene rings is 2. The summed E-state index contributed by atoms with van der Waals surface area (Å²) in [6.45, 7) is 0. The average molecular weight is 398 g/mol. The molecule has 0 aliphatic carbocycles. The molecule has 3 N–H and O–H groups in total. The molecule has 0 saturated heterocycles. The standard InChI is InChI=1S/C14H10Br2N2O2/c15-8-3-1-2-7(4-8)13(19)9-5-11-12(6-10(9)16)18-14(20)17-11/h1-6,13,19H,(H2,17,18,20). The van der Waals surface area contributed by atoms with Gasteiger partial charge in [0.15, 0.2) is 0 Å². The summed E-state index contributed by atoms with van der Waals surface area (Å²) in [6.07, 6.45) is -0.773.